The fourth-order valence-electron chi connectivity index (χ4n) is 4.46. The molecular weight excluding hydrogens is 366 g/mol. The van der Waals surface area contributed by atoms with Crippen molar-refractivity contribution in [3.8, 4) is 11.3 Å². The zero-order valence-electron chi connectivity index (χ0n) is 19.3. The number of hydrogen-bond acceptors (Lipinski definition) is 2. The fraction of sp³-hybridized carbons (Fsp3) is 0.370. The molecule has 3 nitrogen and oxygen atoms in total. The Hall–Kier alpha value is -2.81. The molecule has 0 saturated heterocycles. The summed E-state index contributed by atoms with van der Waals surface area (Å²) < 4.78 is 2.16. The molecule has 3 aromatic rings. The molecule has 30 heavy (non-hydrogen) atoms. The number of allylic oxidation sites excluding steroid dienone is 1. The summed E-state index contributed by atoms with van der Waals surface area (Å²) in [4.78, 5) is 9.52. The summed E-state index contributed by atoms with van der Waals surface area (Å²) >= 11 is 0. The summed E-state index contributed by atoms with van der Waals surface area (Å²) in [6.45, 7) is 13.4. The minimum atomic E-state index is 0.267. The van der Waals surface area contributed by atoms with E-state index in [9.17, 15) is 0 Å². The lowest BCUT2D eigenvalue weighted by Crippen LogP contribution is -2.33. The van der Waals surface area contributed by atoms with Crippen LogP contribution in [0.25, 0.3) is 22.9 Å². The van der Waals surface area contributed by atoms with Gasteiger partial charge >= 0.3 is 0 Å². The van der Waals surface area contributed by atoms with Crippen LogP contribution in [0.4, 0.5) is 0 Å². The number of rotatable bonds is 3. The highest BCUT2D eigenvalue weighted by Crippen LogP contribution is 2.36. The van der Waals surface area contributed by atoms with Gasteiger partial charge in [-0.25, -0.2) is 4.57 Å². The summed E-state index contributed by atoms with van der Waals surface area (Å²) in [6, 6.07) is 8.95. The molecule has 1 aromatic carbocycles. The van der Waals surface area contributed by atoms with E-state index in [1.807, 2.05) is 12.5 Å². The number of pyridine rings is 1. The van der Waals surface area contributed by atoms with Crippen LogP contribution < -0.4 is 4.57 Å². The first-order valence-electron chi connectivity index (χ1n) is 10.7. The van der Waals surface area contributed by atoms with Crippen molar-refractivity contribution in [2.24, 2.45) is 12.5 Å². The Kier molecular flexibility index (Phi) is 5.09. The maximum atomic E-state index is 4.80. The lowest BCUT2D eigenvalue weighted by molar-refractivity contribution is -0.663. The van der Waals surface area contributed by atoms with Gasteiger partial charge in [-0.05, 0) is 78.1 Å². The van der Waals surface area contributed by atoms with Crippen LogP contribution >= 0.6 is 0 Å². The van der Waals surface area contributed by atoms with E-state index >= 15 is 0 Å². The first-order chi connectivity index (χ1) is 14.1. The van der Waals surface area contributed by atoms with E-state index in [4.69, 9.17) is 9.97 Å². The quantitative estimate of drug-likeness (QED) is 0.539. The summed E-state index contributed by atoms with van der Waals surface area (Å²) in [5.41, 5.74) is 12.7. The van der Waals surface area contributed by atoms with Crippen LogP contribution in [-0.4, -0.2) is 9.97 Å². The first kappa shape index (κ1) is 20.5. The second-order valence-corrected chi connectivity index (χ2v) is 9.96. The predicted octanol–water partition coefficient (Wildman–Crippen LogP) is 5.58. The van der Waals surface area contributed by atoms with Gasteiger partial charge in [0, 0.05) is 18.2 Å². The molecule has 0 amide bonds. The van der Waals surface area contributed by atoms with Crippen molar-refractivity contribution in [3.05, 3.63) is 76.0 Å². The van der Waals surface area contributed by atoms with E-state index in [0.717, 1.165) is 24.2 Å². The van der Waals surface area contributed by atoms with Gasteiger partial charge in [0.05, 0.1) is 18.3 Å². The Morgan fingerprint density at radius 2 is 1.80 bits per heavy atom. The highest BCUT2D eigenvalue weighted by molar-refractivity contribution is 5.89. The molecule has 2 aromatic heterocycles. The third-order valence-corrected chi connectivity index (χ3v) is 5.95. The highest BCUT2D eigenvalue weighted by atomic mass is 15.0. The molecule has 1 aliphatic carbocycles. The number of nitrogens with zero attached hydrogens (tertiary/aromatic N) is 3. The van der Waals surface area contributed by atoms with Gasteiger partial charge in [0.2, 0.25) is 0 Å². The van der Waals surface area contributed by atoms with Gasteiger partial charge in [0.1, 0.15) is 5.69 Å². The topological polar surface area (TPSA) is 29.7 Å². The van der Waals surface area contributed by atoms with Crippen molar-refractivity contribution in [2.75, 3.05) is 0 Å². The maximum Gasteiger partial charge on any atom is 0.287 e. The standard InChI is InChI=1S/C27H32N3/c1-17-10-18(2)19(3)22(11-17)26-23-12-21(13-25(23)29-16-30(26)7)24-9-8-20(15-28-24)14-27(4,5)6/h8-11,13,15-16H,12,14H2,1-7H3/q+1. The number of benzene rings is 1. The maximum absolute atomic E-state index is 4.80. The summed E-state index contributed by atoms with van der Waals surface area (Å²) in [5.74, 6) is 0. The minimum Gasteiger partial charge on any atom is -0.256 e. The molecule has 0 spiro atoms. The average molecular weight is 399 g/mol. The van der Waals surface area contributed by atoms with E-state index in [1.54, 1.807) is 0 Å². The van der Waals surface area contributed by atoms with Crippen LogP contribution in [0.3, 0.4) is 0 Å². The third kappa shape index (κ3) is 3.94. The Labute approximate surface area is 180 Å². The van der Waals surface area contributed by atoms with Crippen LogP contribution in [0.2, 0.25) is 0 Å². The van der Waals surface area contributed by atoms with Gasteiger partial charge in [-0.15, -0.1) is 0 Å². The van der Waals surface area contributed by atoms with Crippen LogP contribution in [0.1, 0.15) is 60.0 Å². The minimum absolute atomic E-state index is 0.267. The Morgan fingerprint density at radius 1 is 1.03 bits per heavy atom. The lowest BCUT2D eigenvalue weighted by Gasteiger charge is -2.17. The lowest BCUT2D eigenvalue weighted by atomic mass is 9.88. The molecule has 0 unspecified atom stereocenters. The molecule has 4 rings (SSSR count). The van der Waals surface area contributed by atoms with E-state index in [-0.39, 0.29) is 5.41 Å². The van der Waals surface area contributed by atoms with Crippen LogP contribution in [0.15, 0.2) is 36.8 Å². The molecular formula is C27H32N3+. The molecule has 154 valence electrons. The molecule has 0 aliphatic heterocycles. The van der Waals surface area contributed by atoms with Gasteiger partial charge in [-0.1, -0.05) is 38.5 Å². The van der Waals surface area contributed by atoms with E-state index in [0.29, 0.717) is 0 Å². The average Bonchev–Trinajstić information content (AvgIpc) is 3.08. The van der Waals surface area contributed by atoms with Crippen molar-refractivity contribution in [1.82, 2.24) is 9.97 Å². The number of aromatic nitrogens is 3. The second-order valence-electron chi connectivity index (χ2n) is 9.96. The number of fused-ring (bicyclic) bond motifs is 1. The fourth-order valence-corrected chi connectivity index (χ4v) is 4.46. The van der Waals surface area contributed by atoms with E-state index < -0.39 is 0 Å². The van der Waals surface area contributed by atoms with Crippen LogP contribution in [0.5, 0.6) is 0 Å². The van der Waals surface area contributed by atoms with Gasteiger partial charge < -0.3 is 0 Å². The predicted molar refractivity (Wildman–Crippen MR) is 124 cm³/mol. The Bertz CT molecular complexity index is 1150. The van der Waals surface area contributed by atoms with Gasteiger partial charge in [-0.2, -0.15) is 0 Å². The Balaban J connectivity index is 1.71. The molecule has 0 atom stereocenters. The van der Waals surface area contributed by atoms with E-state index in [2.05, 4.69) is 83.5 Å². The summed E-state index contributed by atoms with van der Waals surface area (Å²) in [5, 5.41) is 0. The molecule has 0 saturated carbocycles. The molecule has 0 bridgehead atoms. The SMILES string of the molecule is Cc1cc(C)c(C)c(-c2c3c(nc[n+]2C)C=C(c2ccc(CC(C)(C)C)cn2)C3)c1. The van der Waals surface area contributed by atoms with Gasteiger partial charge in [-0.3, -0.25) is 4.98 Å². The number of aryl methyl sites for hydroxylation is 3. The first-order valence-corrected chi connectivity index (χ1v) is 10.7. The monoisotopic (exact) mass is 398 g/mol. The van der Waals surface area contributed by atoms with E-state index in [1.165, 1.54) is 44.6 Å². The van der Waals surface area contributed by atoms with Crippen molar-refractivity contribution in [1.29, 1.82) is 0 Å². The zero-order valence-corrected chi connectivity index (χ0v) is 19.3. The zero-order chi connectivity index (χ0) is 21.6. The van der Waals surface area contributed by atoms with Crippen molar-refractivity contribution in [2.45, 2.75) is 54.4 Å². The largest absolute Gasteiger partial charge is 0.287 e. The molecule has 0 radical (unpaired) electrons. The smallest absolute Gasteiger partial charge is 0.256 e. The van der Waals surface area contributed by atoms with Crippen LogP contribution in [-0.2, 0) is 19.9 Å². The van der Waals surface area contributed by atoms with Crippen molar-refractivity contribution < 1.29 is 4.57 Å². The normalized spacial score (nSPS) is 13.4. The summed E-state index contributed by atoms with van der Waals surface area (Å²) in [7, 11) is 2.09. The molecule has 0 N–H and O–H groups in total. The Morgan fingerprint density at radius 3 is 2.47 bits per heavy atom. The van der Waals surface area contributed by atoms with Crippen LogP contribution in [0, 0.1) is 26.2 Å². The summed E-state index contributed by atoms with van der Waals surface area (Å²) in [6.07, 6.45) is 8.08. The number of hydrogen-bond donors (Lipinski definition) is 0. The molecule has 0 fully saturated rings. The second kappa shape index (κ2) is 7.46. The van der Waals surface area contributed by atoms with Crippen molar-refractivity contribution >= 4 is 11.6 Å². The molecule has 2 heterocycles. The van der Waals surface area contributed by atoms with Gasteiger partial charge in [0.25, 0.3) is 6.33 Å². The molecule has 1 aliphatic rings. The highest BCUT2D eigenvalue weighted by Gasteiger charge is 2.28. The van der Waals surface area contributed by atoms with Gasteiger partial charge in [0.15, 0.2) is 5.69 Å². The third-order valence-electron chi connectivity index (χ3n) is 5.95. The molecule has 3 heteroatoms. The van der Waals surface area contributed by atoms with Crippen molar-refractivity contribution in [3.63, 3.8) is 0 Å².